The molecule has 0 spiro atoms. The largest absolute Gasteiger partial charge is 0.496 e. The number of hydrogen-bond donors (Lipinski definition) is 2. The third-order valence-electron chi connectivity index (χ3n) is 8.73. The van der Waals surface area contributed by atoms with Crippen molar-refractivity contribution in [3.05, 3.63) is 83.4 Å². The topological polar surface area (TPSA) is 121 Å². The highest BCUT2D eigenvalue weighted by Gasteiger charge is 2.35. The number of piperazine rings is 1. The Bertz CT molecular complexity index is 1890. The lowest BCUT2D eigenvalue weighted by atomic mass is 9.89. The van der Waals surface area contributed by atoms with Gasteiger partial charge in [0.1, 0.15) is 11.4 Å². The lowest BCUT2D eigenvalue weighted by molar-refractivity contribution is 0.0570. The number of ether oxygens (including phenoxy) is 2. The first-order chi connectivity index (χ1) is 23.0. The van der Waals surface area contributed by atoms with Gasteiger partial charge in [0, 0.05) is 79.9 Å². The van der Waals surface area contributed by atoms with Crippen molar-refractivity contribution in [3.8, 4) is 5.75 Å². The monoisotopic (exact) mass is 651 g/mol. The van der Waals surface area contributed by atoms with E-state index in [1.807, 2.05) is 30.3 Å². The molecule has 0 radical (unpaired) electrons. The normalized spacial score (nSPS) is 15.5. The Morgan fingerprint density at radius 1 is 0.812 bits per heavy atom. The summed E-state index contributed by atoms with van der Waals surface area (Å²) in [7, 11) is 1.59. The quantitative estimate of drug-likeness (QED) is 0.192. The predicted molar refractivity (Wildman–Crippen MR) is 185 cm³/mol. The first-order valence-electron chi connectivity index (χ1n) is 16.2. The number of hydrogen-bond acceptors (Lipinski definition) is 8. The third kappa shape index (κ3) is 6.97. The van der Waals surface area contributed by atoms with E-state index in [4.69, 9.17) is 9.47 Å². The fourth-order valence-corrected chi connectivity index (χ4v) is 6.37. The van der Waals surface area contributed by atoms with Crippen LogP contribution in [0.15, 0.2) is 66.7 Å². The van der Waals surface area contributed by atoms with Crippen LogP contribution in [0.25, 0.3) is 21.5 Å². The van der Waals surface area contributed by atoms with Gasteiger partial charge in [-0.3, -0.25) is 34.4 Å². The molecule has 2 heterocycles. The van der Waals surface area contributed by atoms with Crippen molar-refractivity contribution in [2.45, 2.75) is 26.4 Å². The van der Waals surface area contributed by atoms with Crippen LogP contribution >= 0.6 is 0 Å². The maximum absolute atomic E-state index is 13.9. The molecule has 0 saturated carbocycles. The predicted octanol–water partition coefficient (Wildman–Crippen LogP) is 4.99. The number of nitrogens with zero attached hydrogens (tertiary/aromatic N) is 3. The van der Waals surface area contributed by atoms with Crippen molar-refractivity contribution in [3.63, 3.8) is 0 Å². The zero-order chi connectivity index (χ0) is 34.0. The van der Waals surface area contributed by atoms with Gasteiger partial charge >= 0.3 is 6.09 Å². The molecule has 1 saturated heterocycles. The van der Waals surface area contributed by atoms with E-state index in [-0.39, 0.29) is 17.7 Å². The molecular weight excluding hydrogens is 610 g/mol. The van der Waals surface area contributed by atoms with Crippen molar-refractivity contribution in [1.82, 2.24) is 20.0 Å². The molecule has 4 amide bonds. The summed E-state index contributed by atoms with van der Waals surface area (Å²) in [5.74, 6) is -0.145. The maximum atomic E-state index is 13.9. The van der Waals surface area contributed by atoms with Crippen LogP contribution in [0.3, 0.4) is 0 Å². The van der Waals surface area contributed by atoms with Gasteiger partial charge in [-0.05, 0) is 67.9 Å². The fourth-order valence-electron chi connectivity index (χ4n) is 6.37. The molecular formula is C37H41N5O6. The minimum absolute atomic E-state index is 0.221. The summed E-state index contributed by atoms with van der Waals surface area (Å²) in [6.45, 7) is 10.6. The SMILES string of the molecule is COc1ccc2c3c(c4ccccc4cc13)C(=O)N(CCN1CCN(CCNC(=O)c3cccc(NC(=O)OC(C)(C)C)c3)CC1)C2=O. The first-order valence-corrected chi connectivity index (χ1v) is 16.2. The van der Waals surface area contributed by atoms with Crippen LogP contribution in [-0.4, -0.2) is 104 Å². The average Bonchev–Trinajstić information content (AvgIpc) is 3.06. The van der Waals surface area contributed by atoms with Gasteiger partial charge in [0.2, 0.25) is 0 Å². The van der Waals surface area contributed by atoms with Crippen molar-refractivity contribution in [2.75, 3.05) is 64.8 Å². The van der Waals surface area contributed by atoms with Crippen LogP contribution in [-0.2, 0) is 4.74 Å². The number of nitrogens with one attached hydrogen (secondary N) is 2. The van der Waals surface area contributed by atoms with Crippen LogP contribution in [0.4, 0.5) is 10.5 Å². The van der Waals surface area contributed by atoms with E-state index in [9.17, 15) is 19.2 Å². The van der Waals surface area contributed by atoms with Gasteiger partial charge in [0.25, 0.3) is 17.7 Å². The molecule has 6 rings (SSSR count). The van der Waals surface area contributed by atoms with E-state index in [0.717, 1.165) is 42.3 Å². The number of rotatable bonds is 9. The molecule has 4 aromatic rings. The summed E-state index contributed by atoms with van der Waals surface area (Å²) < 4.78 is 10.9. The molecule has 11 heteroatoms. The second-order valence-electron chi connectivity index (χ2n) is 13.1. The minimum atomic E-state index is -0.621. The highest BCUT2D eigenvalue weighted by Crippen LogP contribution is 2.39. The molecule has 0 unspecified atom stereocenters. The van der Waals surface area contributed by atoms with Crippen LogP contribution in [0, 0.1) is 0 Å². The van der Waals surface area contributed by atoms with E-state index >= 15 is 0 Å². The van der Waals surface area contributed by atoms with Gasteiger partial charge in [-0.15, -0.1) is 0 Å². The second-order valence-corrected chi connectivity index (χ2v) is 13.1. The number of benzene rings is 4. The third-order valence-corrected chi connectivity index (χ3v) is 8.73. The van der Waals surface area contributed by atoms with E-state index in [0.29, 0.717) is 59.7 Å². The van der Waals surface area contributed by atoms with Gasteiger partial charge in [-0.25, -0.2) is 4.79 Å². The first kappa shape index (κ1) is 32.9. The zero-order valence-electron chi connectivity index (χ0n) is 27.8. The zero-order valence-corrected chi connectivity index (χ0v) is 27.8. The molecule has 0 atom stereocenters. The Kier molecular flexibility index (Phi) is 9.34. The van der Waals surface area contributed by atoms with E-state index in [2.05, 4.69) is 20.4 Å². The molecule has 48 heavy (non-hydrogen) atoms. The van der Waals surface area contributed by atoms with Gasteiger partial charge in [0.15, 0.2) is 0 Å². The van der Waals surface area contributed by atoms with Crippen molar-refractivity contribution >= 4 is 51.0 Å². The number of carbonyl (C=O) groups is 4. The molecule has 1 fully saturated rings. The van der Waals surface area contributed by atoms with E-state index in [1.54, 1.807) is 64.3 Å². The van der Waals surface area contributed by atoms with Crippen LogP contribution < -0.4 is 15.4 Å². The second kappa shape index (κ2) is 13.6. The Morgan fingerprint density at radius 2 is 1.54 bits per heavy atom. The summed E-state index contributed by atoms with van der Waals surface area (Å²) in [6, 6.07) is 20.0. The van der Waals surface area contributed by atoms with E-state index < -0.39 is 11.7 Å². The van der Waals surface area contributed by atoms with Crippen LogP contribution in [0.5, 0.6) is 5.75 Å². The Balaban J connectivity index is 1.00. The molecule has 11 nitrogen and oxygen atoms in total. The highest BCUT2D eigenvalue weighted by atomic mass is 16.6. The minimum Gasteiger partial charge on any atom is -0.496 e. The molecule has 0 aromatic heterocycles. The lowest BCUT2D eigenvalue weighted by Crippen LogP contribution is -2.51. The summed E-state index contributed by atoms with van der Waals surface area (Å²) in [6.07, 6.45) is -0.578. The van der Waals surface area contributed by atoms with Gasteiger partial charge < -0.3 is 14.8 Å². The summed E-state index contributed by atoms with van der Waals surface area (Å²) >= 11 is 0. The number of imide groups is 1. The van der Waals surface area contributed by atoms with Crippen LogP contribution in [0.1, 0.15) is 51.8 Å². The number of fused-ring (bicyclic) bond motifs is 2. The Hall–Kier alpha value is -5.00. The van der Waals surface area contributed by atoms with Gasteiger partial charge in [-0.2, -0.15) is 0 Å². The van der Waals surface area contributed by atoms with Crippen molar-refractivity contribution in [1.29, 1.82) is 0 Å². The molecule has 250 valence electrons. The van der Waals surface area contributed by atoms with Gasteiger partial charge in [0.05, 0.1) is 12.7 Å². The van der Waals surface area contributed by atoms with Crippen molar-refractivity contribution in [2.24, 2.45) is 0 Å². The highest BCUT2D eigenvalue weighted by molar-refractivity contribution is 6.31. The maximum Gasteiger partial charge on any atom is 0.412 e. The number of methoxy groups -OCH3 is 1. The average molecular weight is 652 g/mol. The Morgan fingerprint density at radius 3 is 2.27 bits per heavy atom. The number of anilines is 1. The summed E-state index contributed by atoms with van der Waals surface area (Å²) in [4.78, 5) is 58.4. The van der Waals surface area contributed by atoms with Crippen LogP contribution in [0.2, 0.25) is 0 Å². The molecule has 0 aliphatic carbocycles. The summed E-state index contributed by atoms with van der Waals surface area (Å²) in [5.41, 5.74) is 1.37. The molecule has 2 N–H and O–H groups in total. The lowest BCUT2D eigenvalue weighted by Gasteiger charge is -2.36. The van der Waals surface area contributed by atoms with E-state index in [1.165, 1.54) is 4.90 Å². The number of amides is 4. The van der Waals surface area contributed by atoms with Gasteiger partial charge in [-0.1, -0.05) is 30.3 Å². The standard InChI is InChI=1S/C37H41N5O6/c1-37(2,3)48-36(46)39-26-10-7-9-25(22-26)33(43)38-14-15-40-16-18-41(19-17-40)20-21-42-34(44)28-12-13-30(47-4)29-23-24-8-5-6-11-27(24)32(31(28)29)35(42)45/h5-13,22-23H,14-21H2,1-4H3,(H,38,43)(H,39,46). The summed E-state index contributed by atoms with van der Waals surface area (Å²) in [5, 5.41) is 8.80. The molecule has 4 aromatic carbocycles. The molecule has 0 bridgehead atoms. The molecule has 2 aliphatic heterocycles. The van der Waals surface area contributed by atoms with Crippen molar-refractivity contribution < 1.29 is 28.7 Å². The fraction of sp³-hybridized carbons (Fsp3) is 0.351. The molecule has 2 aliphatic rings. The Labute approximate surface area is 279 Å². The smallest absolute Gasteiger partial charge is 0.412 e. The number of carbonyl (C=O) groups excluding carboxylic acids is 4.